The molecule has 0 radical (unpaired) electrons. The SMILES string of the molecule is Cn1c(C(=O)NCCN2CCOCC2)cnc1C(C)(C)C. The van der Waals surface area contributed by atoms with Gasteiger partial charge in [-0.05, 0) is 0 Å². The highest BCUT2D eigenvalue weighted by Gasteiger charge is 2.23. The average molecular weight is 294 g/mol. The molecule has 21 heavy (non-hydrogen) atoms. The number of ether oxygens (including phenoxy) is 1. The quantitative estimate of drug-likeness (QED) is 0.891. The molecule has 1 N–H and O–H groups in total. The second kappa shape index (κ2) is 6.58. The van der Waals surface area contributed by atoms with Crippen LogP contribution in [0.1, 0.15) is 37.1 Å². The molecule has 1 fully saturated rings. The van der Waals surface area contributed by atoms with E-state index in [2.05, 4.69) is 36.0 Å². The van der Waals surface area contributed by atoms with Crippen molar-refractivity contribution >= 4 is 5.91 Å². The van der Waals surface area contributed by atoms with E-state index in [-0.39, 0.29) is 11.3 Å². The summed E-state index contributed by atoms with van der Waals surface area (Å²) in [6, 6.07) is 0. The maximum absolute atomic E-state index is 12.2. The number of aromatic nitrogens is 2. The molecule has 1 saturated heterocycles. The smallest absolute Gasteiger partial charge is 0.269 e. The topological polar surface area (TPSA) is 59.4 Å². The van der Waals surface area contributed by atoms with Gasteiger partial charge >= 0.3 is 0 Å². The fourth-order valence-electron chi connectivity index (χ4n) is 2.56. The Morgan fingerprint density at radius 2 is 2.05 bits per heavy atom. The zero-order valence-corrected chi connectivity index (χ0v) is 13.5. The molecule has 1 amide bonds. The van der Waals surface area contributed by atoms with Crippen molar-refractivity contribution in [2.45, 2.75) is 26.2 Å². The summed E-state index contributed by atoms with van der Waals surface area (Å²) < 4.78 is 7.19. The number of nitrogens with one attached hydrogen (secondary N) is 1. The van der Waals surface area contributed by atoms with E-state index in [0.29, 0.717) is 12.2 Å². The van der Waals surface area contributed by atoms with E-state index in [1.54, 1.807) is 6.20 Å². The molecule has 118 valence electrons. The van der Waals surface area contributed by atoms with Crippen LogP contribution in [0.4, 0.5) is 0 Å². The van der Waals surface area contributed by atoms with Gasteiger partial charge in [0.25, 0.3) is 5.91 Å². The van der Waals surface area contributed by atoms with Gasteiger partial charge in [0.1, 0.15) is 11.5 Å². The molecular formula is C15H26N4O2. The summed E-state index contributed by atoms with van der Waals surface area (Å²) in [5.41, 5.74) is 0.545. The minimum atomic E-state index is -0.0684. The number of amides is 1. The molecule has 6 nitrogen and oxygen atoms in total. The van der Waals surface area contributed by atoms with Gasteiger partial charge < -0.3 is 14.6 Å². The molecule has 0 bridgehead atoms. The van der Waals surface area contributed by atoms with Crippen molar-refractivity contribution in [3.05, 3.63) is 17.7 Å². The van der Waals surface area contributed by atoms with Crippen LogP contribution in [0.25, 0.3) is 0 Å². The predicted octanol–water partition coefficient (Wildman–Crippen LogP) is 0.780. The Balaban J connectivity index is 1.87. The van der Waals surface area contributed by atoms with Crippen molar-refractivity contribution in [1.29, 1.82) is 0 Å². The lowest BCUT2D eigenvalue weighted by Gasteiger charge is -2.26. The molecule has 0 aliphatic carbocycles. The molecule has 2 rings (SSSR count). The summed E-state index contributed by atoms with van der Waals surface area (Å²) in [6.07, 6.45) is 1.66. The summed E-state index contributed by atoms with van der Waals surface area (Å²) in [5.74, 6) is 0.856. The van der Waals surface area contributed by atoms with E-state index in [9.17, 15) is 4.79 Å². The molecule has 1 aliphatic heterocycles. The van der Waals surface area contributed by atoms with Gasteiger partial charge in [-0.25, -0.2) is 4.98 Å². The third kappa shape index (κ3) is 4.04. The van der Waals surface area contributed by atoms with Crippen molar-refractivity contribution < 1.29 is 9.53 Å². The van der Waals surface area contributed by atoms with Gasteiger partial charge in [0.15, 0.2) is 0 Å². The van der Waals surface area contributed by atoms with Gasteiger partial charge in [0.05, 0.1) is 19.4 Å². The highest BCUT2D eigenvalue weighted by molar-refractivity contribution is 5.92. The largest absolute Gasteiger partial charge is 0.379 e. The molecule has 1 aromatic rings. The second-order valence-corrected chi connectivity index (χ2v) is 6.49. The van der Waals surface area contributed by atoms with Gasteiger partial charge in [0.2, 0.25) is 0 Å². The Bertz CT molecular complexity index is 484. The fourth-order valence-corrected chi connectivity index (χ4v) is 2.56. The molecule has 6 heteroatoms. The first-order valence-corrected chi connectivity index (χ1v) is 7.50. The maximum Gasteiger partial charge on any atom is 0.269 e. The first-order chi connectivity index (χ1) is 9.89. The van der Waals surface area contributed by atoms with Crippen LogP contribution < -0.4 is 5.32 Å². The van der Waals surface area contributed by atoms with E-state index in [0.717, 1.165) is 38.7 Å². The summed E-state index contributed by atoms with van der Waals surface area (Å²) >= 11 is 0. The Morgan fingerprint density at radius 3 is 2.62 bits per heavy atom. The van der Waals surface area contributed by atoms with E-state index in [1.165, 1.54) is 0 Å². The fraction of sp³-hybridized carbons (Fsp3) is 0.733. The van der Waals surface area contributed by atoms with E-state index >= 15 is 0 Å². The van der Waals surface area contributed by atoms with Crippen LogP contribution in [-0.4, -0.2) is 59.8 Å². The molecule has 0 spiro atoms. The van der Waals surface area contributed by atoms with Gasteiger partial charge in [-0.3, -0.25) is 9.69 Å². The summed E-state index contributed by atoms with van der Waals surface area (Å²) in [6.45, 7) is 11.2. The monoisotopic (exact) mass is 294 g/mol. The number of carbonyl (C=O) groups is 1. The highest BCUT2D eigenvalue weighted by atomic mass is 16.5. The Kier molecular flexibility index (Phi) is 5.00. The maximum atomic E-state index is 12.2. The number of hydrogen-bond donors (Lipinski definition) is 1. The summed E-state index contributed by atoms with van der Waals surface area (Å²) in [5, 5.41) is 2.97. The highest BCUT2D eigenvalue weighted by Crippen LogP contribution is 2.20. The van der Waals surface area contributed by atoms with E-state index in [1.807, 2.05) is 11.6 Å². The minimum absolute atomic E-state index is 0.0613. The van der Waals surface area contributed by atoms with Gasteiger partial charge in [-0.2, -0.15) is 0 Å². The molecular weight excluding hydrogens is 268 g/mol. The van der Waals surface area contributed by atoms with Crippen LogP contribution in [0, 0.1) is 0 Å². The third-order valence-electron chi connectivity index (χ3n) is 3.71. The van der Waals surface area contributed by atoms with Crippen LogP contribution >= 0.6 is 0 Å². The zero-order chi connectivity index (χ0) is 15.5. The van der Waals surface area contributed by atoms with Crippen molar-refractivity contribution in [3.63, 3.8) is 0 Å². The normalized spacial score (nSPS) is 17.0. The Labute approximate surface area is 126 Å². The third-order valence-corrected chi connectivity index (χ3v) is 3.71. The van der Waals surface area contributed by atoms with E-state index in [4.69, 9.17) is 4.74 Å². The van der Waals surface area contributed by atoms with Crippen LogP contribution in [0.2, 0.25) is 0 Å². The standard InChI is InChI=1S/C15H26N4O2/c1-15(2,3)14-17-11-12(18(14)4)13(20)16-5-6-19-7-9-21-10-8-19/h11H,5-10H2,1-4H3,(H,16,20). The summed E-state index contributed by atoms with van der Waals surface area (Å²) in [4.78, 5) is 18.9. The summed E-state index contributed by atoms with van der Waals surface area (Å²) in [7, 11) is 1.89. The number of carbonyl (C=O) groups excluding carboxylic acids is 1. The second-order valence-electron chi connectivity index (χ2n) is 6.49. The predicted molar refractivity (Wildman–Crippen MR) is 81.5 cm³/mol. The number of morpholine rings is 1. The minimum Gasteiger partial charge on any atom is -0.379 e. The first-order valence-electron chi connectivity index (χ1n) is 7.50. The lowest BCUT2D eigenvalue weighted by Crippen LogP contribution is -2.41. The van der Waals surface area contributed by atoms with Crippen LogP contribution in [-0.2, 0) is 17.2 Å². The Morgan fingerprint density at radius 1 is 1.38 bits per heavy atom. The molecule has 0 saturated carbocycles. The van der Waals surface area contributed by atoms with Crippen LogP contribution in [0.15, 0.2) is 6.20 Å². The van der Waals surface area contributed by atoms with Crippen molar-refractivity contribution in [3.8, 4) is 0 Å². The van der Waals surface area contributed by atoms with E-state index < -0.39 is 0 Å². The van der Waals surface area contributed by atoms with Gasteiger partial charge in [0, 0.05) is 38.6 Å². The Hall–Kier alpha value is -1.40. The number of nitrogens with zero attached hydrogens (tertiary/aromatic N) is 3. The van der Waals surface area contributed by atoms with Crippen LogP contribution in [0.3, 0.4) is 0 Å². The number of hydrogen-bond acceptors (Lipinski definition) is 4. The van der Waals surface area contributed by atoms with Crippen molar-refractivity contribution in [2.75, 3.05) is 39.4 Å². The van der Waals surface area contributed by atoms with Crippen LogP contribution in [0.5, 0.6) is 0 Å². The average Bonchev–Trinajstić information content (AvgIpc) is 2.81. The number of rotatable bonds is 4. The molecule has 0 unspecified atom stereocenters. The lowest BCUT2D eigenvalue weighted by atomic mass is 9.96. The van der Waals surface area contributed by atoms with Crippen molar-refractivity contribution in [1.82, 2.24) is 19.8 Å². The molecule has 0 atom stereocenters. The molecule has 1 aromatic heterocycles. The zero-order valence-electron chi connectivity index (χ0n) is 13.5. The van der Waals surface area contributed by atoms with Gasteiger partial charge in [-0.15, -0.1) is 0 Å². The lowest BCUT2D eigenvalue weighted by molar-refractivity contribution is 0.0383. The molecule has 2 heterocycles. The van der Waals surface area contributed by atoms with Crippen molar-refractivity contribution in [2.24, 2.45) is 7.05 Å². The number of imidazole rings is 1. The first kappa shape index (κ1) is 16.0. The molecule has 0 aromatic carbocycles. The van der Waals surface area contributed by atoms with Gasteiger partial charge in [-0.1, -0.05) is 20.8 Å². The molecule has 1 aliphatic rings.